The zero-order valence-electron chi connectivity index (χ0n) is 11.8. The molecule has 0 saturated heterocycles. The average molecular weight is 298 g/mol. The van der Waals surface area contributed by atoms with Crippen molar-refractivity contribution in [3.63, 3.8) is 0 Å². The van der Waals surface area contributed by atoms with E-state index in [1.807, 2.05) is 48.5 Å². The Morgan fingerprint density at radius 2 is 1.57 bits per heavy atom. The lowest BCUT2D eigenvalue weighted by Gasteiger charge is -2.10. The number of hydrogen-bond donors (Lipinski definition) is 0. The normalized spacial score (nSPS) is 10.6. The van der Waals surface area contributed by atoms with E-state index >= 15 is 0 Å². The first kappa shape index (κ1) is 13.6. The SMILES string of the molecule is COc1ccc(OC)c2c(=S)cc(-c3ccccc3)oc12. The molecule has 0 fully saturated rings. The highest BCUT2D eigenvalue weighted by Crippen LogP contribution is 2.36. The first-order chi connectivity index (χ1) is 10.2. The summed E-state index contributed by atoms with van der Waals surface area (Å²) in [6.07, 6.45) is 0. The molecule has 3 rings (SSSR count). The van der Waals surface area contributed by atoms with Gasteiger partial charge in [-0.3, -0.25) is 0 Å². The maximum atomic E-state index is 6.02. The van der Waals surface area contributed by atoms with E-state index in [2.05, 4.69) is 0 Å². The largest absolute Gasteiger partial charge is 0.496 e. The zero-order valence-corrected chi connectivity index (χ0v) is 12.6. The van der Waals surface area contributed by atoms with E-state index in [-0.39, 0.29) is 0 Å². The number of ether oxygens (including phenoxy) is 2. The van der Waals surface area contributed by atoms with E-state index in [4.69, 9.17) is 26.1 Å². The molecule has 0 atom stereocenters. The van der Waals surface area contributed by atoms with Crippen LogP contribution in [0.2, 0.25) is 0 Å². The number of hydrogen-bond acceptors (Lipinski definition) is 4. The molecule has 0 bridgehead atoms. The number of methoxy groups -OCH3 is 2. The fraction of sp³-hybridized carbons (Fsp3) is 0.118. The Bertz CT molecular complexity index is 838. The average Bonchev–Trinajstić information content (AvgIpc) is 2.54. The van der Waals surface area contributed by atoms with E-state index < -0.39 is 0 Å². The number of benzene rings is 2. The van der Waals surface area contributed by atoms with Crippen LogP contribution in [0.15, 0.2) is 52.9 Å². The van der Waals surface area contributed by atoms with Crippen molar-refractivity contribution in [2.45, 2.75) is 0 Å². The standard InChI is InChI=1S/C17H14O3S/c1-18-12-8-9-13(19-2)17-16(12)15(21)10-14(20-17)11-6-4-3-5-7-11/h3-10H,1-2H3. The second-order valence-corrected chi connectivity index (χ2v) is 4.95. The maximum absolute atomic E-state index is 6.02. The van der Waals surface area contributed by atoms with Gasteiger partial charge < -0.3 is 13.9 Å². The van der Waals surface area contributed by atoms with Crippen LogP contribution in [0.3, 0.4) is 0 Å². The molecule has 0 aliphatic rings. The highest BCUT2D eigenvalue weighted by molar-refractivity contribution is 7.71. The zero-order chi connectivity index (χ0) is 14.8. The van der Waals surface area contributed by atoms with E-state index in [1.54, 1.807) is 14.2 Å². The van der Waals surface area contributed by atoms with Crippen molar-refractivity contribution in [1.82, 2.24) is 0 Å². The number of fused-ring (bicyclic) bond motifs is 1. The van der Waals surface area contributed by atoms with Gasteiger partial charge in [0.25, 0.3) is 0 Å². The predicted molar refractivity (Wildman–Crippen MR) is 85.6 cm³/mol. The van der Waals surface area contributed by atoms with Crippen LogP contribution in [0.5, 0.6) is 11.5 Å². The van der Waals surface area contributed by atoms with Gasteiger partial charge in [-0.15, -0.1) is 0 Å². The summed E-state index contributed by atoms with van der Waals surface area (Å²) in [6, 6.07) is 15.3. The van der Waals surface area contributed by atoms with Crippen molar-refractivity contribution >= 4 is 23.2 Å². The van der Waals surface area contributed by atoms with Gasteiger partial charge in [0.05, 0.1) is 24.1 Å². The molecule has 0 N–H and O–H groups in total. The van der Waals surface area contributed by atoms with Crippen LogP contribution in [-0.2, 0) is 0 Å². The Morgan fingerprint density at radius 3 is 2.24 bits per heavy atom. The minimum atomic E-state index is 0.600. The second kappa shape index (κ2) is 5.58. The molecule has 0 aliphatic heterocycles. The molecular formula is C17H14O3S. The summed E-state index contributed by atoms with van der Waals surface area (Å²) in [6.45, 7) is 0. The third-order valence-corrected chi connectivity index (χ3v) is 3.62. The molecule has 0 saturated carbocycles. The van der Waals surface area contributed by atoms with Gasteiger partial charge in [0.15, 0.2) is 11.3 Å². The quantitative estimate of drug-likeness (QED) is 0.647. The van der Waals surface area contributed by atoms with Crippen molar-refractivity contribution in [2.75, 3.05) is 14.2 Å². The lowest BCUT2D eigenvalue weighted by atomic mass is 10.1. The molecule has 3 nitrogen and oxygen atoms in total. The molecule has 0 spiro atoms. The van der Waals surface area contributed by atoms with Crippen LogP contribution in [-0.4, -0.2) is 14.2 Å². The van der Waals surface area contributed by atoms with Gasteiger partial charge in [-0.05, 0) is 12.1 Å². The fourth-order valence-corrected chi connectivity index (χ4v) is 2.59. The van der Waals surface area contributed by atoms with Crippen LogP contribution in [0.4, 0.5) is 0 Å². The Balaban J connectivity index is 2.36. The molecule has 3 aromatic rings. The summed E-state index contributed by atoms with van der Waals surface area (Å²) in [5.74, 6) is 2.02. The second-order valence-electron chi connectivity index (χ2n) is 4.52. The third kappa shape index (κ3) is 2.38. The van der Waals surface area contributed by atoms with Crippen molar-refractivity contribution in [1.29, 1.82) is 0 Å². The van der Waals surface area contributed by atoms with Gasteiger partial charge in [0.2, 0.25) is 0 Å². The summed E-state index contributed by atoms with van der Waals surface area (Å²) < 4.78 is 17.4. The summed E-state index contributed by atoms with van der Waals surface area (Å²) >= 11 is 5.51. The first-order valence-electron chi connectivity index (χ1n) is 6.49. The molecule has 1 aromatic heterocycles. The Hall–Kier alpha value is -2.33. The van der Waals surface area contributed by atoms with Crippen LogP contribution < -0.4 is 9.47 Å². The van der Waals surface area contributed by atoms with Crippen LogP contribution >= 0.6 is 12.2 Å². The molecule has 106 valence electrons. The molecule has 0 aliphatic carbocycles. The molecule has 4 heteroatoms. The Kier molecular flexibility index (Phi) is 3.62. The fourth-order valence-electron chi connectivity index (χ4n) is 2.29. The maximum Gasteiger partial charge on any atom is 0.181 e. The van der Waals surface area contributed by atoms with Gasteiger partial charge >= 0.3 is 0 Å². The van der Waals surface area contributed by atoms with Gasteiger partial charge in [0.1, 0.15) is 11.5 Å². The smallest absolute Gasteiger partial charge is 0.181 e. The molecule has 0 unspecified atom stereocenters. The van der Waals surface area contributed by atoms with Crippen LogP contribution in [0, 0.1) is 4.51 Å². The van der Waals surface area contributed by atoms with Gasteiger partial charge in [-0.25, -0.2) is 0 Å². The van der Waals surface area contributed by atoms with Crippen molar-refractivity contribution in [3.05, 3.63) is 53.0 Å². The molecule has 21 heavy (non-hydrogen) atoms. The Morgan fingerprint density at radius 1 is 0.905 bits per heavy atom. The predicted octanol–water partition coefficient (Wildman–Crippen LogP) is 4.85. The van der Waals surface area contributed by atoms with Gasteiger partial charge in [-0.1, -0.05) is 42.5 Å². The first-order valence-corrected chi connectivity index (χ1v) is 6.89. The van der Waals surface area contributed by atoms with Gasteiger partial charge in [-0.2, -0.15) is 0 Å². The summed E-state index contributed by atoms with van der Waals surface area (Å²) in [5, 5.41) is 0.756. The molecule has 1 heterocycles. The minimum absolute atomic E-state index is 0.600. The van der Waals surface area contributed by atoms with Gasteiger partial charge in [0, 0.05) is 11.6 Å². The van der Waals surface area contributed by atoms with Crippen LogP contribution in [0.25, 0.3) is 22.3 Å². The summed E-state index contributed by atoms with van der Waals surface area (Å²) in [4.78, 5) is 0. The minimum Gasteiger partial charge on any atom is -0.496 e. The number of rotatable bonds is 3. The van der Waals surface area contributed by atoms with E-state index in [0.717, 1.165) is 10.9 Å². The highest BCUT2D eigenvalue weighted by Gasteiger charge is 2.13. The van der Waals surface area contributed by atoms with E-state index in [0.29, 0.717) is 27.4 Å². The molecular weight excluding hydrogens is 284 g/mol. The lowest BCUT2D eigenvalue weighted by molar-refractivity contribution is 0.402. The molecule has 2 aromatic carbocycles. The molecule has 0 radical (unpaired) electrons. The summed E-state index contributed by atoms with van der Waals surface area (Å²) in [7, 11) is 3.22. The van der Waals surface area contributed by atoms with E-state index in [9.17, 15) is 0 Å². The third-order valence-electron chi connectivity index (χ3n) is 3.30. The topological polar surface area (TPSA) is 31.6 Å². The molecule has 0 amide bonds. The van der Waals surface area contributed by atoms with Crippen molar-refractivity contribution < 1.29 is 13.9 Å². The van der Waals surface area contributed by atoms with Crippen molar-refractivity contribution in [2.24, 2.45) is 0 Å². The summed E-state index contributed by atoms with van der Waals surface area (Å²) in [5.41, 5.74) is 1.57. The van der Waals surface area contributed by atoms with Crippen LogP contribution in [0.1, 0.15) is 0 Å². The Labute approximate surface area is 127 Å². The van der Waals surface area contributed by atoms with Crippen molar-refractivity contribution in [3.8, 4) is 22.8 Å². The lowest BCUT2D eigenvalue weighted by Crippen LogP contribution is -1.91. The van der Waals surface area contributed by atoms with E-state index in [1.165, 1.54) is 0 Å². The highest BCUT2D eigenvalue weighted by atomic mass is 32.1. The monoisotopic (exact) mass is 298 g/mol.